The van der Waals surface area contributed by atoms with Gasteiger partial charge in [-0.2, -0.15) is 0 Å². The third kappa shape index (κ3) is 3.23. The molecule has 0 aromatic carbocycles. The van der Waals surface area contributed by atoms with Crippen LogP contribution in [0, 0.1) is 0 Å². The zero-order valence-corrected chi connectivity index (χ0v) is 11.3. The van der Waals surface area contributed by atoms with Crippen molar-refractivity contribution in [2.75, 3.05) is 13.1 Å². The minimum absolute atomic E-state index is 0.00307. The van der Waals surface area contributed by atoms with E-state index >= 15 is 0 Å². The Morgan fingerprint density at radius 3 is 2.78 bits per heavy atom. The summed E-state index contributed by atoms with van der Waals surface area (Å²) in [5.41, 5.74) is 0. The average molecular weight is 292 g/mol. The number of carbonyl (C=O) groups excluding carboxylic acids is 1. The predicted molar refractivity (Wildman–Crippen MR) is 66.6 cm³/mol. The number of carbonyl (C=O) groups is 1. The monoisotopic (exact) mass is 291 g/mol. The molecule has 1 aromatic rings. The number of likely N-dealkylation sites (tertiary alicyclic amines) is 1. The molecular weight excluding hydrogens is 278 g/mol. The lowest BCUT2D eigenvalue weighted by atomic mass is 10.4. The zero-order chi connectivity index (χ0) is 13.2. The normalized spacial score (nSPS) is 20.6. The fraction of sp³-hybridized carbons (Fsp3) is 0.600. The molecule has 1 amide bonds. The minimum atomic E-state index is -3.64. The Morgan fingerprint density at radius 1 is 1.44 bits per heavy atom. The number of halogens is 1. The molecule has 1 aliphatic heterocycles. The van der Waals surface area contributed by atoms with Crippen LogP contribution in [0.25, 0.3) is 0 Å². The number of aryl methyl sites for hydroxylation is 1. The second kappa shape index (κ2) is 5.27. The Morgan fingerprint density at radius 2 is 2.22 bits per heavy atom. The molecule has 0 spiro atoms. The van der Waals surface area contributed by atoms with Crippen molar-refractivity contribution < 1.29 is 13.2 Å². The first-order valence-corrected chi connectivity index (χ1v) is 8.01. The summed E-state index contributed by atoms with van der Waals surface area (Å²) in [6.07, 6.45) is 6.00. The van der Waals surface area contributed by atoms with Crippen LogP contribution in [0.1, 0.15) is 12.8 Å². The molecule has 1 unspecified atom stereocenters. The molecule has 0 N–H and O–H groups in total. The van der Waals surface area contributed by atoms with Gasteiger partial charge in [0.25, 0.3) is 0 Å². The first-order valence-electron chi connectivity index (χ1n) is 5.64. The number of aromatic nitrogens is 2. The second-order valence-corrected chi connectivity index (χ2v) is 7.20. The maximum Gasteiger partial charge on any atom is 0.237 e. The summed E-state index contributed by atoms with van der Waals surface area (Å²) in [5.74, 6) is -0.144. The number of rotatable bonds is 5. The van der Waals surface area contributed by atoms with Gasteiger partial charge in [0.15, 0.2) is 0 Å². The Labute approximate surface area is 110 Å². The fourth-order valence-electron chi connectivity index (χ4n) is 2.00. The molecule has 1 aromatic heterocycles. The molecule has 0 radical (unpaired) electrons. The van der Waals surface area contributed by atoms with Crippen molar-refractivity contribution in [3.63, 3.8) is 0 Å². The number of amides is 1. The second-order valence-electron chi connectivity index (χ2n) is 4.30. The highest BCUT2D eigenvalue weighted by molar-refractivity contribution is 8.14. The smallest absolute Gasteiger partial charge is 0.237 e. The van der Waals surface area contributed by atoms with Crippen LogP contribution >= 0.6 is 10.7 Å². The minimum Gasteiger partial charge on any atom is -0.341 e. The van der Waals surface area contributed by atoms with Gasteiger partial charge in [0, 0.05) is 49.1 Å². The Bertz CT molecular complexity index is 514. The fourth-order valence-corrected chi connectivity index (χ4v) is 3.06. The zero-order valence-electron chi connectivity index (χ0n) is 9.70. The molecular formula is C10H14ClN3O3S. The number of hydrogen-bond acceptors (Lipinski definition) is 4. The van der Waals surface area contributed by atoms with Crippen LogP contribution in [0.3, 0.4) is 0 Å². The highest BCUT2D eigenvalue weighted by Crippen LogP contribution is 2.21. The van der Waals surface area contributed by atoms with E-state index in [9.17, 15) is 13.2 Å². The summed E-state index contributed by atoms with van der Waals surface area (Å²) in [4.78, 5) is 17.1. The molecule has 100 valence electrons. The van der Waals surface area contributed by atoms with Gasteiger partial charge in [-0.15, -0.1) is 0 Å². The SMILES string of the molecule is O=C1CC(S(=O)(=O)Cl)CN1CCCn1ccnc1. The third-order valence-corrected chi connectivity index (χ3v) is 4.85. The Kier molecular flexibility index (Phi) is 3.91. The summed E-state index contributed by atoms with van der Waals surface area (Å²) in [7, 11) is 1.62. The van der Waals surface area contributed by atoms with Crippen LogP contribution in [-0.4, -0.2) is 47.1 Å². The average Bonchev–Trinajstić information content (AvgIpc) is 2.88. The highest BCUT2D eigenvalue weighted by Gasteiger charge is 2.36. The van der Waals surface area contributed by atoms with Crippen LogP contribution in [-0.2, 0) is 20.4 Å². The van der Waals surface area contributed by atoms with Crippen molar-refractivity contribution >= 4 is 25.6 Å². The predicted octanol–water partition coefficient (Wildman–Crippen LogP) is 0.443. The van der Waals surface area contributed by atoms with Crippen LogP contribution in [0.15, 0.2) is 18.7 Å². The molecule has 1 aliphatic rings. The summed E-state index contributed by atoms with van der Waals surface area (Å²) in [6, 6.07) is 0. The van der Waals surface area contributed by atoms with Crippen molar-refractivity contribution in [2.45, 2.75) is 24.6 Å². The number of hydrogen-bond donors (Lipinski definition) is 0. The Hall–Kier alpha value is -1.08. The lowest BCUT2D eigenvalue weighted by Gasteiger charge is -2.15. The van der Waals surface area contributed by atoms with Gasteiger partial charge >= 0.3 is 0 Å². The van der Waals surface area contributed by atoms with Gasteiger partial charge in [0.1, 0.15) is 5.25 Å². The molecule has 18 heavy (non-hydrogen) atoms. The van der Waals surface area contributed by atoms with E-state index in [-0.39, 0.29) is 18.9 Å². The maximum absolute atomic E-state index is 11.6. The summed E-state index contributed by atoms with van der Waals surface area (Å²) in [5, 5.41) is -0.764. The van der Waals surface area contributed by atoms with Crippen molar-refractivity contribution in [3.8, 4) is 0 Å². The van der Waals surface area contributed by atoms with E-state index in [4.69, 9.17) is 10.7 Å². The van der Waals surface area contributed by atoms with E-state index in [1.54, 1.807) is 17.4 Å². The van der Waals surface area contributed by atoms with Crippen molar-refractivity contribution in [2.24, 2.45) is 0 Å². The largest absolute Gasteiger partial charge is 0.341 e. The van der Waals surface area contributed by atoms with Crippen LogP contribution in [0.2, 0.25) is 0 Å². The van der Waals surface area contributed by atoms with Gasteiger partial charge in [0.05, 0.1) is 6.33 Å². The third-order valence-electron chi connectivity index (χ3n) is 2.98. The van der Waals surface area contributed by atoms with Crippen molar-refractivity contribution in [1.29, 1.82) is 0 Å². The molecule has 0 bridgehead atoms. The van der Waals surface area contributed by atoms with Crippen LogP contribution < -0.4 is 0 Å². The lowest BCUT2D eigenvalue weighted by molar-refractivity contribution is -0.127. The van der Waals surface area contributed by atoms with E-state index in [0.29, 0.717) is 6.54 Å². The molecule has 6 nitrogen and oxygen atoms in total. The van der Waals surface area contributed by atoms with Gasteiger partial charge in [-0.3, -0.25) is 4.79 Å². The van der Waals surface area contributed by atoms with Crippen LogP contribution in [0.5, 0.6) is 0 Å². The Balaban J connectivity index is 1.82. The number of nitrogens with zero attached hydrogens (tertiary/aromatic N) is 3. The van der Waals surface area contributed by atoms with Crippen LogP contribution in [0.4, 0.5) is 0 Å². The topological polar surface area (TPSA) is 72.3 Å². The molecule has 1 fully saturated rings. The van der Waals surface area contributed by atoms with E-state index in [2.05, 4.69) is 4.98 Å². The van der Waals surface area contributed by atoms with Gasteiger partial charge in [-0.1, -0.05) is 0 Å². The highest BCUT2D eigenvalue weighted by atomic mass is 35.7. The molecule has 0 aliphatic carbocycles. The summed E-state index contributed by atoms with van der Waals surface area (Å²) in [6.45, 7) is 1.50. The van der Waals surface area contributed by atoms with Crippen molar-refractivity contribution in [1.82, 2.24) is 14.5 Å². The van der Waals surface area contributed by atoms with E-state index in [0.717, 1.165) is 13.0 Å². The van der Waals surface area contributed by atoms with E-state index in [1.165, 1.54) is 0 Å². The molecule has 1 atom stereocenters. The summed E-state index contributed by atoms with van der Waals surface area (Å²) < 4.78 is 24.2. The molecule has 1 saturated heterocycles. The lowest BCUT2D eigenvalue weighted by Crippen LogP contribution is -2.28. The van der Waals surface area contributed by atoms with Crippen molar-refractivity contribution in [3.05, 3.63) is 18.7 Å². The van der Waals surface area contributed by atoms with E-state index < -0.39 is 14.3 Å². The van der Waals surface area contributed by atoms with Gasteiger partial charge < -0.3 is 9.47 Å². The standard InChI is InChI=1S/C10H14ClN3O3S/c11-18(16,17)9-6-10(15)14(7-9)4-1-3-13-5-2-12-8-13/h2,5,8-9H,1,3-4,6-7H2. The molecule has 2 heterocycles. The van der Waals surface area contributed by atoms with E-state index in [1.807, 2.05) is 10.8 Å². The maximum atomic E-state index is 11.6. The number of imidazole rings is 1. The molecule has 2 rings (SSSR count). The van der Waals surface area contributed by atoms with Gasteiger partial charge in [-0.25, -0.2) is 13.4 Å². The van der Waals surface area contributed by atoms with Gasteiger partial charge in [-0.05, 0) is 6.42 Å². The quantitative estimate of drug-likeness (QED) is 0.738. The molecule has 0 saturated carbocycles. The first-order chi connectivity index (χ1) is 8.47. The van der Waals surface area contributed by atoms with Gasteiger partial charge in [0.2, 0.25) is 15.0 Å². The first kappa shape index (κ1) is 13.4. The molecule has 8 heteroatoms. The summed E-state index contributed by atoms with van der Waals surface area (Å²) >= 11 is 0.